The molecule has 0 bridgehead atoms. The lowest BCUT2D eigenvalue weighted by Gasteiger charge is -2.21. The summed E-state index contributed by atoms with van der Waals surface area (Å²) >= 11 is 0. The van der Waals surface area contributed by atoms with E-state index in [1.54, 1.807) is 37.3 Å². The number of methoxy groups -OCH3 is 1. The summed E-state index contributed by atoms with van der Waals surface area (Å²) in [6, 6.07) is 6.27. The van der Waals surface area contributed by atoms with Gasteiger partial charge in [0.25, 0.3) is 0 Å². The van der Waals surface area contributed by atoms with Gasteiger partial charge in [0.05, 0.1) is 6.04 Å². The lowest BCUT2D eigenvalue weighted by Crippen LogP contribution is -2.42. The van der Waals surface area contributed by atoms with Crippen LogP contribution in [0.25, 0.3) is 0 Å². The number of nitrogens with two attached hydrogens (primary N) is 1. The van der Waals surface area contributed by atoms with E-state index < -0.39 is 6.04 Å². The molecule has 0 radical (unpaired) electrons. The number of phenols is 1. The molecular formula is C13H20N2O3. The molecule has 0 saturated heterocycles. The molecule has 0 heterocycles. The van der Waals surface area contributed by atoms with Gasteiger partial charge in [0.2, 0.25) is 5.91 Å². The zero-order valence-electron chi connectivity index (χ0n) is 10.8. The third kappa shape index (κ3) is 4.35. The second-order valence-electron chi connectivity index (χ2n) is 4.25. The summed E-state index contributed by atoms with van der Waals surface area (Å²) in [7, 11) is 3.27. The zero-order chi connectivity index (χ0) is 13.5. The third-order valence-corrected chi connectivity index (χ3v) is 2.66. The predicted molar refractivity (Wildman–Crippen MR) is 69.0 cm³/mol. The number of aromatic hydroxyl groups is 1. The monoisotopic (exact) mass is 252 g/mol. The largest absolute Gasteiger partial charge is 0.508 e. The standard InChI is InChI=1S/C13H20N2O3/c1-15(13(17)12(14)6-7-18-2)9-10-4-3-5-11(16)8-10/h3-5,8,12,16H,6-7,9,14H2,1-2H3. The Bertz CT molecular complexity index is 396. The summed E-state index contributed by atoms with van der Waals surface area (Å²) in [5.41, 5.74) is 6.63. The molecule has 18 heavy (non-hydrogen) atoms. The minimum atomic E-state index is -0.549. The van der Waals surface area contributed by atoms with Crippen LogP contribution in [0, 0.1) is 0 Å². The van der Waals surface area contributed by atoms with Gasteiger partial charge >= 0.3 is 0 Å². The Morgan fingerprint density at radius 3 is 2.89 bits per heavy atom. The highest BCUT2D eigenvalue weighted by atomic mass is 16.5. The maximum Gasteiger partial charge on any atom is 0.239 e. The SMILES string of the molecule is COCCC(N)C(=O)N(C)Cc1cccc(O)c1. The topological polar surface area (TPSA) is 75.8 Å². The number of rotatable bonds is 6. The Morgan fingerprint density at radius 2 is 2.28 bits per heavy atom. The van der Waals surface area contributed by atoms with Crippen LogP contribution in [0.4, 0.5) is 0 Å². The summed E-state index contributed by atoms with van der Waals surface area (Å²) in [5, 5.41) is 9.35. The molecule has 1 atom stereocenters. The van der Waals surface area contributed by atoms with Gasteiger partial charge < -0.3 is 20.5 Å². The number of nitrogens with zero attached hydrogens (tertiary/aromatic N) is 1. The first-order chi connectivity index (χ1) is 8.54. The molecule has 1 amide bonds. The molecule has 3 N–H and O–H groups in total. The molecule has 5 nitrogen and oxygen atoms in total. The van der Waals surface area contributed by atoms with Gasteiger partial charge in [-0.05, 0) is 24.1 Å². The van der Waals surface area contributed by atoms with Crippen LogP contribution >= 0.6 is 0 Å². The Hall–Kier alpha value is -1.59. The second kappa shape index (κ2) is 6.98. The normalized spacial score (nSPS) is 12.2. The van der Waals surface area contributed by atoms with Gasteiger partial charge in [0.15, 0.2) is 0 Å². The van der Waals surface area contributed by atoms with Gasteiger partial charge in [-0.25, -0.2) is 0 Å². The summed E-state index contributed by atoms with van der Waals surface area (Å²) in [5.74, 6) is 0.0624. The lowest BCUT2D eigenvalue weighted by atomic mass is 10.1. The molecule has 5 heteroatoms. The number of carbonyl (C=O) groups excluding carboxylic acids is 1. The first-order valence-electron chi connectivity index (χ1n) is 5.82. The van der Waals surface area contributed by atoms with E-state index in [9.17, 15) is 9.90 Å². The highest BCUT2D eigenvalue weighted by Gasteiger charge is 2.17. The van der Waals surface area contributed by atoms with E-state index in [2.05, 4.69) is 0 Å². The molecule has 1 unspecified atom stereocenters. The Labute approximate surface area is 107 Å². The fourth-order valence-corrected chi connectivity index (χ4v) is 1.66. The maximum atomic E-state index is 11.9. The van der Waals surface area contributed by atoms with Crippen molar-refractivity contribution >= 4 is 5.91 Å². The first kappa shape index (κ1) is 14.5. The number of hydrogen-bond acceptors (Lipinski definition) is 4. The first-order valence-corrected chi connectivity index (χ1v) is 5.82. The summed E-state index contributed by atoms with van der Waals surface area (Å²) < 4.78 is 4.89. The van der Waals surface area contributed by atoms with E-state index in [1.807, 2.05) is 6.07 Å². The van der Waals surface area contributed by atoms with E-state index in [1.165, 1.54) is 0 Å². The summed E-state index contributed by atoms with van der Waals surface area (Å²) in [6.45, 7) is 0.890. The van der Waals surface area contributed by atoms with Crippen LogP contribution < -0.4 is 5.73 Å². The quantitative estimate of drug-likeness (QED) is 0.782. The summed E-state index contributed by atoms with van der Waals surface area (Å²) in [4.78, 5) is 13.5. The minimum absolute atomic E-state index is 0.129. The van der Waals surface area contributed by atoms with E-state index in [-0.39, 0.29) is 11.7 Å². The van der Waals surface area contributed by atoms with E-state index in [0.29, 0.717) is 19.6 Å². The Balaban J connectivity index is 2.54. The van der Waals surface area contributed by atoms with Crippen LogP contribution in [0.3, 0.4) is 0 Å². The number of likely N-dealkylation sites (N-methyl/N-ethyl adjacent to an activating group) is 1. The molecular weight excluding hydrogens is 232 g/mol. The van der Waals surface area contributed by atoms with Crippen molar-refractivity contribution in [3.63, 3.8) is 0 Å². The van der Waals surface area contributed by atoms with Crippen molar-refractivity contribution in [2.75, 3.05) is 20.8 Å². The van der Waals surface area contributed by atoms with Crippen molar-refractivity contribution in [1.82, 2.24) is 4.90 Å². The maximum absolute atomic E-state index is 11.9. The van der Waals surface area contributed by atoms with Crippen molar-refractivity contribution in [1.29, 1.82) is 0 Å². The molecule has 0 aliphatic heterocycles. The van der Waals surface area contributed by atoms with Crippen LogP contribution in [0.15, 0.2) is 24.3 Å². The number of hydrogen-bond donors (Lipinski definition) is 2. The van der Waals surface area contributed by atoms with Gasteiger partial charge in [-0.3, -0.25) is 4.79 Å². The van der Waals surface area contributed by atoms with Gasteiger partial charge in [-0.15, -0.1) is 0 Å². The highest BCUT2D eigenvalue weighted by Crippen LogP contribution is 2.12. The van der Waals surface area contributed by atoms with Crippen LogP contribution in [0.5, 0.6) is 5.75 Å². The Kier molecular flexibility index (Phi) is 5.61. The highest BCUT2D eigenvalue weighted by molar-refractivity contribution is 5.81. The minimum Gasteiger partial charge on any atom is -0.508 e. The van der Waals surface area contributed by atoms with Crippen molar-refractivity contribution < 1.29 is 14.6 Å². The molecule has 0 fully saturated rings. The van der Waals surface area contributed by atoms with E-state index in [4.69, 9.17) is 10.5 Å². The number of ether oxygens (including phenoxy) is 1. The molecule has 0 spiro atoms. The van der Waals surface area contributed by atoms with Gasteiger partial charge in [0, 0.05) is 27.3 Å². The smallest absolute Gasteiger partial charge is 0.239 e. The van der Waals surface area contributed by atoms with Gasteiger partial charge in [-0.2, -0.15) is 0 Å². The molecule has 0 aromatic heterocycles. The number of amides is 1. The van der Waals surface area contributed by atoms with Crippen LogP contribution in [-0.2, 0) is 16.1 Å². The molecule has 0 saturated carbocycles. The van der Waals surface area contributed by atoms with Crippen molar-refractivity contribution in [2.24, 2.45) is 5.73 Å². The van der Waals surface area contributed by atoms with E-state index >= 15 is 0 Å². The fraction of sp³-hybridized carbons (Fsp3) is 0.462. The van der Waals surface area contributed by atoms with Gasteiger partial charge in [-0.1, -0.05) is 12.1 Å². The van der Waals surface area contributed by atoms with Crippen LogP contribution in [0.1, 0.15) is 12.0 Å². The predicted octanol–water partition coefficient (Wildman–Crippen LogP) is 0.714. The zero-order valence-corrected chi connectivity index (χ0v) is 10.8. The van der Waals surface area contributed by atoms with E-state index in [0.717, 1.165) is 5.56 Å². The average Bonchev–Trinajstić information content (AvgIpc) is 2.35. The third-order valence-electron chi connectivity index (χ3n) is 2.66. The molecule has 100 valence electrons. The van der Waals surface area contributed by atoms with Crippen molar-refractivity contribution in [3.8, 4) is 5.75 Å². The molecule has 1 aromatic carbocycles. The second-order valence-corrected chi connectivity index (χ2v) is 4.25. The summed E-state index contributed by atoms with van der Waals surface area (Å²) in [6.07, 6.45) is 0.500. The number of phenolic OH excluding ortho intramolecular Hbond substituents is 1. The molecule has 0 aliphatic rings. The number of benzene rings is 1. The molecule has 0 aliphatic carbocycles. The molecule has 1 aromatic rings. The van der Waals surface area contributed by atoms with Crippen LogP contribution in [0.2, 0.25) is 0 Å². The molecule has 1 rings (SSSR count). The van der Waals surface area contributed by atoms with Crippen LogP contribution in [-0.4, -0.2) is 42.7 Å². The van der Waals surface area contributed by atoms with Gasteiger partial charge in [0.1, 0.15) is 5.75 Å². The average molecular weight is 252 g/mol. The number of carbonyl (C=O) groups is 1. The van der Waals surface area contributed by atoms with Crippen molar-refractivity contribution in [3.05, 3.63) is 29.8 Å². The fourth-order valence-electron chi connectivity index (χ4n) is 1.66. The lowest BCUT2D eigenvalue weighted by molar-refractivity contribution is -0.132. The van der Waals surface area contributed by atoms with Crippen molar-refractivity contribution in [2.45, 2.75) is 19.0 Å². The Morgan fingerprint density at radius 1 is 1.56 bits per heavy atom.